The molecule has 1 aromatic carbocycles. The van der Waals surface area contributed by atoms with Gasteiger partial charge in [0.05, 0.1) is 0 Å². The summed E-state index contributed by atoms with van der Waals surface area (Å²) in [6.45, 7) is 0. The van der Waals surface area contributed by atoms with Gasteiger partial charge in [-0.3, -0.25) is 4.40 Å². The van der Waals surface area contributed by atoms with Crippen molar-refractivity contribution in [3.8, 4) is 0 Å². The molecule has 0 saturated heterocycles. The summed E-state index contributed by atoms with van der Waals surface area (Å²) in [5.74, 6) is 1.45. The second-order valence-electron chi connectivity index (χ2n) is 3.69. The monoisotopic (exact) mass is 276 g/mol. The van der Waals surface area contributed by atoms with E-state index < -0.39 is 0 Å². The number of hydrogen-bond donors (Lipinski definition) is 0. The largest absolute Gasteiger partial charge is 0.261 e. The van der Waals surface area contributed by atoms with Gasteiger partial charge in [0.2, 0.25) is 0 Å². The Balaban J connectivity index is 1.79. The van der Waals surface area contributed by atoms with Crippen LogP contribution in [0.5, 0.6) is 0 Å². The molecule has 0 fully saturated rings. The third-order valence-electron chi connectivity index (χ3n) is 2.44. The number of thioether (sulfide) groups is 1. The first kappa shape index (κ1) is 11.5. The van der Waals surface area contributed by atoms with Crippen LogP contribution in [0.2, 0.25) is 5.02 Å². The fourth-order valence-electron chi connectivity index (χ4n) is 1.55. The van der Waals surface area contributed by atoms with Crippen LogP contribution < -0.4 is 0 Å². The van der Waals surface area contributed by atoms with E-state index in [0.717, 1.165) is 15.9 Å². The van der Waals surface area contributed by atoms with Gasteiger partial charge >= 0.3 is 0 Å². The number of aromatic nitrogens is 4. The Morgan fingerprint density at radius 1 is 1.17 bits per heavy atom. The van der Waals surface area contributed by atoms with E-state index in [1.807, 2.05) is 40.9 Å². The van der Waals surface area contributed by atoms with Crippen molar-refractivity contribution in [3.05, 3.63) is 53.3 Å². The van der Waals surface area contributed by atoms with Gasteiger partial charge in [-0.25, -0.2) is 4.98 Å². The second-order valence-corrected chi connectivity index (χ2v) is 5.07. The molecule has 6 heteroatoms. The molecule has 0 radical (unpaired) electrons. The van der Waals surface area contributed by atoms with Gasteiger partial charge in [-0.1, -0.05) is 35.5 Å². The van der Waals surface area contributed by atoms with Crippen molar-refractivity contribution in [1.29, 1.82) is 0 Å². The molecule has 0 saturated carbocycles. The maximum Gasteiger partial charge on any atom is 0.255 e. The van der Waals surface area contributed by atoms with Crippen LogP contribution in [-0.2, 0) is 5.75 Å². The van der Waals surface area contributed by atoms with Crippen molar-refractivity contribution in [3.63, 3.8) is 0 Å². The number of nitrogens with zero attached hydrogens (tertiary/aromatic N) is 4. The predicted molar refractivity (Wildman–Crippen MR) is 71.8 cm³/mol. The third-order valence-corrected chi connectivity index (χ3v) is 3.71. The van der Waals surface area contributed by atoms with Crippen LogP contribution in [0.4, 0.5) is 0 Å². The number of benzene rings is 1. The Morgan fingerprint density at radius 2 is 2.00 bits per heavy atom. The first-order valence-electron chi connectivity index (χ1n) is 5.36. The SMILES string of the molecule is Clc1ccc(CSc2nnc3ncccn23)cc1. The van der Waals surface area contributed by atoms with Gasteiger partial charge in [0.15, 0.2) is 5.16 Å². The Kier molecular flexibility index (Phi) is 3.17. The number of rotatable bonds is 3. The standard InChI is InChI=1S/C12H9ClN4S/c13-10-4-2-9(3-5-10)8-18-12-16-15-11-14-6-1-7-17(11)12/h1-7H,8H2. The summed E-state index contributed by atoms with van der Waals surface area (Å²) in [5, 5.41) is 9.71. The van der Waals surface area contributed by atoms with Crippen LogP contribution in [0, 0.1) is 0 Å². The number of hydrogen-bond acceptors (Lipinski definition) is 4. The van der Waals surface area contributed by atoms with Crippen LogP contribution in [0.25, 0.3) is 5.78 Å². The smallest absolute Gasteiger partial charge is 0.255 e. The lowest BCUT2D eigenvalue weighted by Crippen LogP contribution is -1.89. The average Bonchev–Trinajstić information content (AvgIpc) is 2.82. The minimum absolute atomic E-state index is 0.621. The highest BCUT2D eigenvalue weighted by molar-refractivity contribution is 7.98. The topological polar surface area (TPSA) is 43.1 Å². The zero-order valence-electron chi connectivity index (χ0n) is 9.32. The minimum atomic E-state index is 0.621. The minimum Gasteiger partial charge on any atom is -0.261 e. The van der Waals surface area contributed by atoms with Gasteiger partial charge < -0.3 is 0 Å². The first-order chi connectivity index (χ1) is 8.83. The molecule has 0 spiro atoms. The summed E-state index contributed by atoms with van der Waals surface area (Å²) in [5.41, 5.74) is 1.20. The highest BCUT2D eigenvalue weighted by atomic mass is 35.5. The van der Waals surface area contributed by atoms with E-state index in [9.17, 15) is 0 Å². The lowest BCUT2D eigenvalue weighted by molar-refractivity contribution is 0.918. The van der Waals surface area contributed by atoms with E-state index in [4.69, 9.17) is 11.6 Å². The molecule has 4 nitrogen and oxygen atoms in total. The summed E-state index contributed by atoms with van der Waals surface area (Å²) >= 11 is 7.47. The molecule has 3 aromatic rings. The number of fused-ring (bicyclic) bond motifs is 1. The Bertz CT molecular complexity index is 665. The molecule has 2 aromatic heterocycles. The fourth-order valence-corrected chi connectivity index (χ4v) is 2.54. The molecule has 3 rings (SSSR count). The molecule has 0 bridgehead atoms. The molecule has 0 unspecified atom stereocenters. The lowest BCUT2D eigenvalue weighted by atomic mass is 10.2. The Morgan fingerprint density at radius 3 is 2.83 bits per heavy atom. The second kappa shape index (κ2) is 4.96. The van der Waals surface area contributed by atoms with Crippen LogP contribution in [0.3, 0.4) is 0 Å². The van der Waals surface area contributed by atoms with E-state index >= 15 is 0 Å². The van der Waals surface area contributed by atoms with Crippen LogP contribution >= 0.6 is 23.4 Å². The van der Waals surface area contributed by atoms with Crippen molar-refractivity contribution >= 4 is 29.1 Å². The van der Waals surface area contributed by atoms with E-state index in [1.54, 1.807) is 18.0 Å². The zero-order chi connectivity index (χ0) is 12.4. The van der Waals surface area contributed by atoms with Gasteiger partial charge in [-0.15, -0.1) is 10.2 Å². The van der Waals surface area contributed by atoms with Gasteiger partial charge in [-0.05, 0) is 23.8 Å². The highest BCUT2D eigenvalue weighted by Gasteiger charge is 2.06. The molecule has 0 amide bonds. The molecular weight excluding hydrogens is 268 g/mol. The normalized spacial score (nSPS) is 10.9. The molecule has 0 aliphatic carbocycles. The van der Waals surface area contributed by atoms with Crippen molar-refractivity contribution in [1.82, 2.24) is 19.6 Å². The molecule has 0 atom stereocenters. The molecule has 90 valence electrons. The molecule has 0 N–H and O–H groups in total. The number of halogens is 1. The third kappa shape index (κ3) is 2.32. The summed E-state index contributed by atoms with van der Waals surface area (Å²) in [7, 11) is 0. The van der Waals surface area contributed by atoms with Crippen LogP contribution in [-0.4, -0.2) is 19.6 Å². The lowest BCUT2D eigenvalue weighted by Gasteiger charge is -2.00. The highest BCUT2D eigenvalue weighted by Crippen LogP contribution is 2.21. The zero-order valence-corrected chi connectivity index (χ0v) is 10.9. The van der Waals surface area contributed by atoms with Crippen molar-refractivity contribution in [2.45, 2.75) is 10.9 Å². The van der Waals surface area contributed by atoms with Gasteiger partial charge in [0.1, 0.15) is 0 Å². The average molecular weight is 277 g/mol. The summed E-state index contributed by atoms with van der Waals surface area (Å²) in [6.07, 6.45) is 3.62. The maximum absolute atomic E-state index is 5.85. The van der Waals surface area contributed by atoms with Crippen LogP contribution in [0.1, 0.15) is 5.56 Å². The van der Waals surface area contributed by atoms with Gasteiger partial charge in [0, 0.05) is 23.2 Å². The van der Waals surface area contributed by atoms with Crippen LogP contribution in [0.15, 0.2) is 47.9 Å². The molecule has 18 heavy (non-hydrogen) atoms. The molecular formula is C12H9ClN4S. The first-order valence-corrected chi connectivity index (χ1v) is 6.72. The van der Waals surface area contributed by atoms with E-state index in [-0.39, 0.29) is 0 Å². The summed E-state index contributed by atoms with van der Waals surface area (Å²) in [6, 6.07) is 9.66. The van der Waals surface area contributed by atoms with Crippen molar-refractivity contribution in [2.75, 3.05) is 0 Å². The van der Waals surface area contributed by atoms with E-state index in [2.05, 4.69) is 15.2 Å². The van der Waals surface area contributed by atoms with Gasteiger partial charge in [-0.2, -0.15) is 0 Å². The Hall–Kier alpha value is -1.59. The molecule has 0 aliphatic heterocycles. The van der Waals surface area contributed by atoms with Crippen molar-refractivity contribution in [2.24, 2.45) is 0 Å². The van der Waals surface area contributed by atoms with E-state index in [1.165, 1.54) is 5.56 Å². The fraction of sp³-hybridized carbons (Fsp3) is 0.0833. The Labute approximate surface area is 113 Å². The summed E-state index contributed by atoms with van der Waals surface area (Å²) in [4.78, 5) is 4.13. The van der Waals surface area contributed by atoms with Gasteiger partial charge in [0.25, 0.3) is 5.78 Å². The quantitative estimate of drug-likeness (QED) is 0.690. The molecule has 0 aliphatic rings. The van der Waals surface area contributed by atoms with E-state index in [0.29, 0.717) is 5.78 Å². The predicted octanol–water partition coefficient (Wildman–Crippen LogP) is 3.07. The maximum atomic E-state index is 5.85. The summed E-state index contributed by atoms with van der Waals surface area (Å²) < 4.78 is 1.88. The van der Waals surface area contributed by atoms with Crippen molar-refractivity contribution < 1.29 is 0 Å². The molecule has 2 heterocycles.